The number of rotatable bonds is 7. The molecule has 0 N–H and O–H groups in total. The lowest BCUT2D eigenvalue weighted by atomic mass is 9.67. The summed E-state index contributed by atoms with van der Waals surface area (Å²) in [7, 11) is 0. The maximum Gasteiger partial charge on any atom is 0.227 e. The lowest BCUT2D eigenvalue weighted by Gasteiger charge is -2.34. The van der Waals surface area contributed by atoms with E-state index in [0.29, 0.717) is 22.9 Å². The van der Waals surface area contributed by atoms with Crippen molar-refractivity contribution in [2.75, 3.05) is 4.90 Å². The van der Waals surface area contributed by atoms with Crippen LogP contribution in [0, 0.1) is 0 Å². The van der Waals surface area contributed by atoms with Gasteiger partial charge in [-0.1, -0.05) is 127 Å². The predicted molar refractivity (Wildman–Crippen MR) is 224 cm³/mol. The van der Waals surface area contributed by atoms with Gasteiger partial charge in [0.05, 0.1) is 5.41 Å². The number of hydrogen-bond acceptors (Lipinski definition) is 5. The Labute approximate surface area is 323 Å². The van der Waals surface area contributed by atoms with Gasteiger partial charge < -0.3 is 13.7 Å². The van der Waals surface area contributed by atoms with Crippen LogP contribution in [0.4, 0.5) is 17.1 Å². The topological polar surface area (TPSA) is 55.3 Å². The highest BCUT2D eigenvalue weighted by atomic mass is 16.4. The fraction of sp³-hybridized carbons (Fsp3) is 0.0196. The van der Waals surface area contributed by atoms with Crippen molar-refractivity contribution in [2.24, 2.45) is 0 Å². The molecule has 0 unspecified atom stereocenters. The van der Waals surface area contributed by atoms with Crippen molar-refractivity contribution in [1.82, 2.24) is 9.97 Å². The summed E-state index contributed by atoms with van der Waals surface area (Å²) in [5.74, 6) is 1.18. The van der Waals surface area contributed by atoms with Gasteiger partial charge in [-0.05, 0) is 94.0 Å². The van der Waals surface area contributed by atoms with E-state index in [1.807, 2.05) is 72.8 Å². The maximum absolute atomic E-state index is 6.44. The van der Waals surface area contributed by atoms with Crippen LogP contribution >= 0.6 is 0 Å². The number of anilines is 3. The van der Waals surface area contributed by atoms with Crippen LogP contribution in [0.2, 0.25) is 0 Å². The zero-order valence-electron chi connectivity index (χ0n) is 30.2. The van der Waals surface area contributed by atoms with Gasteiger partial charge in [0.15, 0.2) is 11.2 Å². The van der Waals surface area contributed by atoms with E-state index < -0.39 is 5.41 Å². The van der Waals surface area contributed by atoms with E-state index in [-0.39, 0.29) is 0 Å². The van der Waals surface area contributed by atoms with Crippen LogP contribution in [-0.2, 0) is 5.41 Å². The summed E-state index contributed by atoms with van der Waals surface area (Å²) in [6.45, 7) is 0. The Hall–Kier alpha value is -7.50. The number of benzene rings is 8. The molecular weight excluding hydrogens is 687 g/mol. The Kier molecular flexibility index (Phi) is 7.32. The molecule has 0 spiro atoms. The summed E-state index contributed by atoms with van der Waals surface area (Å²) in [5.41, 5.74) is 14.5. The zero-order chi connectivity index (χ0) is 37.1. The molecule has 8 aromatic carbocycles. The van der Waals surface area contributed by atoms with Gasteiger partial charge in [-0.3, -0.25) is 0 Å². The highest BCUT2D eigenvalue weighted by Gasteiger charge is 2.46. The second-order valence-electron chi connectivity index (χ2n) is 14.2. The van der Waals surface area contributed by atoms with Crippen LogP contribution in [-0.4, -0.2) is 9.97 Å². The molecule has 56 heavy (non-hydrogen) atoms. The minimum absolute atomic E-state index is 0.547. The minimum Gasteiger partial charge on any atom is -0.436 e. The van der Waals surface area contributed by atoms with Crippen molar-refractivity contribution in [3.8, 4) is 34.0 Å². The summed E-state index contributed by atoms with van der Waals surface area (Å²) in [6, 6.07) is 70.0. The van der Waals surface area contributed by atoms with Gasteiger partial charge in [0.1, 0.15) is 11.0 Å². The molecule has 264 valence electrons. The third-order valence-corrected chi connectivity index (χ3v) is 11.0. The number of oxazole rings is 2. The van der Waals surface area contributed by atoms with Crippen molar-refractivity contribution >= 4 is 39.3 Å². The summed E-state index contributed by atoms with van der Waals surface area (Å²) in [5, 5.41) is 0. The molecule has 0 atom stereocenters. The largest absolute Gasteiger partial charge is 0.436 e. The van der Waals surface area contributed by atoms with Gasteiger partial charge in [0.2, 0.25) is 11.8 Å². The fourth-order valence-corrected chi connectivity index (χ4v) is 8.53. The Balaban J connectivity index is 1.14. The Bertz CT molecular complexity index is 2870. The first-order valence-corrected chi connectivity index (χ1v) is 18.8. The molecule has 5 nitrogen and oxygen atoms in total. The molecule has 0 radical (unpaired) electrons. The minimum atomic E-state index is -0.547. The van der Waals surface area contributed by atoms with Crippen molar-refractivity contribution < 1.29 is 8.83 Å². The van der Waals surface area contributed by atoms with E-state index in [4.69, 9.17) is 18.8 Å². The van der Waals surface area contributed by atoms with Gasteiger partial charge >= 0.3 is 0 Å². The summed E-state index contributed by atoms with van der Waals surface area (Å²) < 4.78 is 12.9. The van der Waals surface area contributed by atoms with Crippen LogP contribution in [0.3, 0.4) is 0 Å². The van der Waals surface area contributed by atoms with Crippen molar-refractivity contribution in [1.29, 1.82) is 0 Å². The van der Waals surface area contributed by atoms with Gasteiger partial charge in [-0.15, -0.1) is 0 Å². The molecule has 0 saturated heterocycles. The molecule has 1 aliphatic rings. The lowest BCUT2D eigenvalue weighted by molar-refractivity contribution is 0.620. The third-order valence-electron chi connectivity index (χ3n) is 11.0. The monoisotopic (exact) mass is 719 g/mol. The zero-order valence-corrected chi connectivity index (χ0v) is 30.2. The SMILES string of the molecule is c1ccc(-c2nc3ccc(N(c4ccc5c(c4)C(c4ccccc4)(c4ccccc4)c4ccccc4-5)c4ccc5nc(-c6ccccc6)oc5c4)cc3o2)cc1. The van der Waals surface area contributed by atoms with Crippen molar-refractivity contribution in [3.63, 3.8) is 0 Å². The number of hydrogen-bond donors (Lipinski definition) is 0. The highest BCUT2D eigenvalue weighted by Crippen LogP contribution is 2.57. The molecule has 11 rings (SSSR count). The van der Waals surface area contributed by atoms with Crippen LogP contribution in [0.25, 0.3) is 56.2 Å². The van der Waals surface area contributed by atoms with Gasteiger partial charge in [0, 0.05) is 40.3 Å². The predicted octanol–water partition coefficient (Wildman–Crippen LogP) is 13.1. The quantitative estimate of drug-likeness (QED) is 0.164. The van der Waals surface area contributed by atoms with E-state index >= 15 is 0 Å². The van der Waals surface area contributed by atoms with E-state index in [1.165, 1.54) is 33.4 Å². The van der Waals surface area contributed by atoms with Crippen LogP contribution in [0.15, 0.2) is 209 Å². The van der Waals surface area contributed by atoms with E-state index in [1.54, 1.807) is 0 Å². The normalized spacial score (nSPS) is 12.8. The second kappa shape index (κ2) is 12.8. The van der Waals surface area contributed by atoms with E-state index in [2.05, 4.69) is 132 Å². The molecule has 5 heteroatoms. The molecule has 2 heterocycles. The molecule has 0 bridgehead atoms. The summed E-state index contributed by atoms with van der Waals surface area (Å²) >= 11 is 0. The first-order valence-electron chi connectivity index (χ1n) is 18.8. The first kappa shape index (κ1) is 32.0. The molecule has 0 amide bonds. The number of nitrogens with zero attached hydrogens (tertiary/aromatic N) is 3. The second-order valence-corrected chi connectivity index (χ2v) is 14.2. The Morgan fingerprint density at radius 2 is 0.804 bits per heavy atom. The number of aromatic nitrogens is 2. The summed E-state index contributed by atoms with van der Waals surface area (Å²) in [4.78, 5) is 12.0. The van der Waals surface area contributed by atoms with Crippen molar-refractivity contribution in [3.05, 3.63) is 222 Å². The average molecular weight is 720 g/mol. The first-order chi connectivity index (χ1) is 27.7. The van der Waals surface area contributed by atoms with Gasteiger partial charge in [-0.25, -0.2) is 9.97 Å². The highest BCUT2D eigenvalue weighted by molar-refractivity contribution is 5.92. The van der Waals surface area contributed by atoms with Crippen molar-refractivity contribution in [2.45, 2.75) is 5.41 Å². The Morgan fingerprint density at radius 1 is 0.375 bits per heavy atom. The summed E-state index contributed by atoms with van der Waals surface area (Å²) in [6.07, 6.45) is 0. The standard InChI is InChI=1S/C51H33N3O2/c1-5-15-34(16-6-1)49-52-45-29-26-39(32-47(45)55-49)54(40-27-30-46-48(33-40)56-50(53-46)35-17-7-2-8-18-35)38-25-28-42-41-23-13-14-24-43(41)51(44(42)31-38,36-19-9-3-10-20-36)37-21-11-4-12-22-37/h1-33H. The van der Waals surface area contributed by atoms with E-state index in [0.717, 1.165) is 39.2 Å². The van der Waals surface area contributed by atoms with Gasteiger partial charge in [0.25, 0.3) is 0 Å². The van der Waals surface area contributed by atoms with Gasteiger partial charge in [-0.2, -0.15) is 0 Å². The molecule has 0 saturated carbocycles. The van der Waals surface area contributed by atoms with E-state index in [9.17, 15) is 0 Å². The van der Waals surface area contributed by atoms with Crippen LogP contribution in [0.5, 0.6) is 0 Å². The van der Waals surface area contributed by atoms with Crippen LogP contribution < -0.4 is 4.90 Å². The third kappa shape index (κ3) is 5.02. The Morgan fingerprint density at radius 3 is 1.34 bits per heavy atom. The molecule has 0 fully saturated rings. The average Bonchev–Trinajstić information content (AvgIpc) is 3.98. The maximum atomic E-state index is 6.44. The fourth-order valence-electron chi connectivity index (χ4n) is 8.53. The van der Waals surface area contributed by atoms with Crippen LogP contribution in [0.1, 0.15) is 22.3 Å². The molecule has 2 aromatic heterocycles. The molecule has 1 aliphatic carbocycles. The molecular formula is C51H33N3O2. The number of fused-ring (bicyclic) bond motifs is 5. The smallest absolute Gasteiger partial charge is 0.227 e. The lowest BCUT2D eigenvalue weighted by Crippen LogP contribution is -2.28. The molecule has 0 aliphatic heterocycles. The molecule has 10 aromatic rings.